The summed E-state index contributed by atoms with van der Waals surface area (Å²) in [7, 11) is -1.66. The number of anilines is 1. The number of benzene rings is 2. The molecule has 33 heavy (non-hydrogen) atoms. The predicted octanol–water partition coefficient (Wildman–Crippen LogP) is 1.08. The molecule has 2 aromatic carbocycles. The van der Waals surface area contributed by atoms with Crippen LogP contribution in [-0.2, 0) is 21.4 Å². The van der Waals surface area contributed by atoms with Crippen molar-refractivity contribution in [3.05, 3.63) is 65.7 Å². The average molecular weight is 476 g/mol. The van der Waals surface area contributed by atoms with Gasteiger partial charge in [-0.05, 0) is 43.7 Å². The highest BCUT2D eigenvalue weighted by molar-refractivity contribution is 7.92. The Morgan fingerprint density at radius 2 is 1.58 bits per heavy atom. The van der Waals surface area contributed by atoms with Crippen molar-refractivity contribution < 1.29 is 22.9 Å². The van der Waals surface area contributed by atoms with Crippen LogP contribution in [0.4, 0.5) is 5.69 Å². The van der Waals surface area contributed by atoms with Crippen molar-refractivity contribution in [2.75, 3.05) is 50.7 Å². The van der Waals surface area contributed by atoms with Crippen molar-refractivity contribution >= 4 is 27.5 Å². The number of nitrogens with zero attached hydrogens (tertiary/aromatic N) is 2. The van der Waals surface area contributed by atoms with Crippen LogP contribution in [0, 0.1) is 0 Å². The van der Waals surface area contributed by atoms with Crippen molar-refractivity contribution in [1.29, 1.82) is 0 Å². The minimum absolute atomic E-state index is 0.0216. The fourth-order valence-electron chi connectivity index (χ4n) is 3.46. The first kappa shape index (κ1) is 26.3. The summed E-state index contributed by atoms with van der Waals surface area (Å²) in [5.74, 6) is -0.397. The average Bonchev–Trinajstić information content (AvgIpc) is 2.78. The number of rotatable bonds is 12. The van der Waals surface area contributed by atoms with Gasteiger partial charge in [0.25, 0.3) is 5.91 Å². The van der Waals surface area contributed by atoms with E-state index in [-0.39, 0.29) is 18.4 Å². The number of carbonyl (C=O) groups is 2. The third-order valence-corrected chi connectivity index (χ3v) is 6.08. The first-order valence-electron chi connectivity index (χ1n) is 11.1. The van der Waals surface area contributed by atoms with Crippen LogP contribution < -0.4 is 9.62 Å². The van der Waals surface area contributed by atoms with E-state index in [0.717, 1.165) is 31.5 Å². The van der Waals surface area contributed by atoms with E-state index in [0.29, 0.717) is 24.3 Å². The van der Waals surface area contributed by atoms with Crippen molar-refractivity contribution in [3.8, 4) is 0 Å². The number of amides is 2. The maximum absolute atomic E-state index is 13.3. The Morgan fingerprint density at radius 1 is 0.970 bits per heavy atom. The molecule has 0 bridgehead atoms. The second-order valence-electron chi connectivity index (χ2n) is 8.12. The van der Waals surface area contributed by atoms with Crippen LogP contribution in [-0.4, -0.2) is 76.1 Å². The van der Waals surface area contributed by atoms with E-state index in [2.05, 4.69) is 18.6 Å². The third kappa shape index (κ3) is 8.86. The Balaban J connectivity index is 2.14. The number of carbonyl (C=O) groups excluding carboxylic acids is 2. The Hall–Kier alpha value is -2.91. The summed E-state index contributed by atoms with van der Waals surface area (Å²) in [6, 6.07) is 16.0. The standard InChI is InChI=1S/C24H34N4O4S/c1-5-27(6-2)16-17-28(19-23(29)26(3)18-20-10-8-7-9-11-20)24(30)21-12-14-22(15-13-21)25-33(4,31)32/h7-15,25H,5-6,16-19H2,1-4H3/p+1. The van der Waals surface area contributed by atoms with Gasteiger partial charge in [-0.15, -0.1) is 0 Å². The maximum atomic E-state index is 13.3. The first-order valence-corrected chi connectivity index (χ1v) is 13.0. The quantitative estimate of drug-likeness (QED) is 0.481. The highest BCUT2D eigenvalue weighted by atomic mass is 32.2. The molecule has 0 aliphatic carbocycles. The van der Waals surface area contributed by atoms with E-state index in [9.17, 15) is 18.0 Å². The smallest absolute Gasteiger partial charge is 0.254 e. The van der Waals surface area contributed by atoms with Crippen molar-refractivity contribution in [1.82, 2.24) is 9.80 Å². The van der Waals surface area contributed by atoms with Crippen LogP contribution in [0.1, 0.15) is 29.8 Å². The van der Waals surface area contributed by atoms with Crippen LogP contribution in [0.5, 0.6) is 0 Å². The van der Waals surface area contributed by atoms with Gasteiger partial charge in [0, 0.05) is 24.8 Å². The summed E-state index contributed by atoms with van der Waals surface area (Å²) in [6.45, 7) is 7.69. The van der Waals surface area contributed by atoms with Crippen LogP contribution >= 0.6 is 0 Å². The molecule has 0 aliphatic rings. The fourth-order valence-corrected chi connectivity index (χ4v) is 4.02. The summed E-state index contributed by atoms with van der Waals surface area (Å²) in [5.41, 5.74) is 1.81. The molecule has 0 aliphatic heterocycles. The molecule has 2 amide bonds. The van der Waals surface area contributed by atoms with E-state index in [1.165, 1.54) is 4.90 Å². The highest BCUT2D eigenvalue weighted by Crippen LogP contribution is 2.13. The molecule has 0 atom stereocenters. The maximum Gasteiger partial charge on any atom is 0.254 e. The van der Waals surface area contributed by atoms with Gasteiger partial charge in [0.15, 0.2) is 0 Å². The van der Waals surface area contributed by atoms with E-state index < -0.39 is 10.0 Å². The first-order chi connectivity index (χ1) is 15.6. The second kappa shape index (κ2) is 12.4. The lowest BCUT2D eigenvalue weighted by Gasteiger charge is -2.27. The SMILES string of the molecule is CC[NH+](CC)CCN(CC(=O)N(C)Cc1ccccc1)C(=O)c1ccc(NS(C)(=O)=O)cc1. The Morgan fingerprint density at radius 3 is 2.12 bits per heavy atom. The van der Waals surface area contributed by atoms with Gasteiger partial charge in [-0.2, -0.15) is 0 Å². The molecule has 0 spiro atoms. The number of likely N-dealkylation sites (N-methyl/N-ethyl adjacent to an activating group) is 2. The van der Waals surface area contributed by atoms with Gasteiger partial charge in [-0.25, -0.2) is 8.42 Å². The molecule has 2 N–H and O–H groups in total. The van der Waals surface area contributed by atoms with Crippen molar-refractivity contribution in [2.45, 2.75) is 20.4 Å². The molecule has 2 rings (SSSR count). The molecule has 180 valence electrons. The van der Waals surface area contributed by atoms with Gasteiger partial charge in [0.1, 0.15) is 6.54 Å². The summed E-state index contributed by atoms with van der Waals surface area (Å²) >= 11 is 0. The summed E-state index contributed by atoms with van der Waals surface area (Å²) in [5, 5.41) is 0. The minimum Gasteiger partial charge on any atom is -0.340 e. The number of nitrogens with one attached hydrogen (secondary N) is 2. The normalized spacial score (nSPS) is 11.3. The van der Waals surface area contributed by atoms with Crippen molar-refractivity contribution in [3.63, 3.8) is 0 Å². The van der Waals surface area contributed by atoms with Gasteiger partial charge in [0.2, 0.25) is 15.9 Å². The monoisotopic (exact) mass is 475 g/mol. The van der Waals surface area contributed by atoms with Gasteiger partial charge in [-0.1, -0.05) is 30.3 Å². The molecular formula is C24H35N4O4S+. The lowest BCUT2D eigenvalue weighted by molar-refractivity contribution is -0.895. The molecule has 0 saturated carbocycles. The Kier molecular flexibility index (Phi) is 9.87. The molecule has 0 fully saturated rings. The number of hydrogen-bond acceptors (Lipinski definition) is 4. The molecule has 0 heterocycles. The van der Waals surface area contributed by atoms with Crippen LogP contribution in [0.3, 0.4) is 0 Å². The largest absolute Gasteiger partial charge is 0.340 e. The van der Waals surface area contributed by atoms with Crippen molar-refractivity contribution in [2.24, 2.45) is 0 Å². The van der Waals surface area contributed by atoms with Crippen LogP contribution in [0.2, 0.25) is 0 Å². The lowest BCUT2D eigenvalue weighted by Crippen LogP contribution is -3.12. The molecule has 0 radical (unpaired) electrons. The van der Waals surface area contributed by atoms with Gasteiger partial charge >= 0.3 is 0 Å². The molecule has 2 aromatic rings. The summed E-state index contributed by atoms with van der Waals surface area (Å²) in [4.78, 5) is 30.7. The highest BCUT2D eigenvalue weighted by Gasteiger charge is 2.22. The van der Waals surface area contributed by atoms with Gasteiger partial charge in [-0.3, -0.25) is 14.3 Å². The molecule has 0 unspecified atom stereocenters. The molecule has 0 saturated heterocycles. The number of hydrogen-bond donors (Lipinski definition) is 2. The minimum atomic E-state index is -3.40. The predicted molar refractivity (Wildman–Crippen MR) is 131 cm³/mol. The fraction of sp³-hybridized carbons (Fsp3) is 0.417. The topological polar surface area (TPSA) is 91.2 Å². The van der Waals surface area contributed by atoms with Gasteiger partial charge in [0.05, 0.1) is 32.4 Å². The zero-order valence-electron chi connectivity index (χ0n) is 19.9. The summed E-state index contributed by atoms with van der Waals surface area (Å²) < 4.78 is 25.2. The lowest BCUT2D eigenvalue weighted by atomic mass is 10.1. The Labute approximate surface area is 197 Å². The van der Waals surface area contributed by atoms with E-state index in [4.69, 9.17) is 0 Å². The van der Waals surface area contributed by atoms with E-state index in [1.807, 2.05) is 30.3 Å². The van der Waals surface area contributed by atoms with E-state index in [1.54, 1.807) is 41.1 Å². The zero-order chi connectivity index (χ0) is 24.4. The second-order valence-corrected chi connectivity index (χ2v) is 9.87. The number of sulfonamides is 1. The zero-order valence-corrected chi connectivity index (χ0v) is 20.7. The van der Waals surface area contributed by atoms with Gasteiger partial charge < -0.3 is 14.7 Å². The molecule has 8 nitrogen and oxygen atoms in total. The molecule has 0 aromatic heterocycles. The van der Waals surface area contributed by atoms with Crippen LogP contribution in [0.15, 0.2) is 54.6 Å². The van der Waals surface area contributed by atoms with E-state index >= 15 is 0 Å². The summed E-state index contributed by atoms with van der Waals surface area (Å²) in [6.07, 6.45) is 1.07. The Bertz CT molecular complexity index is 1010. The van der Waals surface area contributed by atoms with Crippen LogP contribution in [0.25, 0.3) is 0 Å². The third-order valence-electron chi connectivity index (χ3n) is 5.47. The molecular weight excluding hydrogens is 440 g/mol. The molecule has 9 heteroatoms. The number of quaternary nitrogens is 1.